The molecular formula is C17H33NO2. The van der Waals surface area contributed by atoms with Crippen molar-refractivity contribution in [1.82, 2.24) is 0 Å². The van der Waals surface area contributed by atoms with Gasteiger partial charge in [0.2, 0.25) is 0 Å². The minimum atomic E-state index is -0.188. The fourth-order valence-corrected chi connectivity index (χ4v) is 4.18. The van der Waals surface area contributed by atoms with Crippen molar-refractivity contribution < 1.29 is 9.47 Å². The summed E-state index contributed by atoms with van der Waals surface area (Å²) in [4.78, 5) is 0. The molecule has 1 aliphatic carbocycles. The van der Waals surface area contributed by atoms with Gasteiger partial charge in [-0.05, 0) is 51.9 Å². The Morgan fingerprint density at radius 2 is 2.00 bits per heavy atom. The summed E-state index contributed by atoms with van der Waals surface area (Å²) in [5.74, 6) is 0.540. The second-order valence-corrected chi connectivity index (χ2v) is 6.97. The van der Waals surface area contributed by atoms with Crippen LogP contribution in [0.15, 0.2) is 0 Å². The van der Waals surface area contributed by atoms with E-state index in [9.17, 15) is 0 Å². The normalized spacial score (nSPS) is 30.9. The van der Waals surface area contributed by atoms with Gasteiger partial charge in [-0.25, -0.2) is 0 Å². The van der Waals surface area contributed by atoms with Gasteiger partial charge in [-0.2, -0.15) is 0 Å². The number of ether oxygens (including phenoxy) is 2. The van der Waals surface area contributed by atoms with E-state index in [0.717, 1.165) is 32.5 Å². The lowest BCUT2D eigenvalue weighted by molar-refractivity contribution is -0.138. The molecule has 3 heteroatoms. The van der Waals surface area contributed by atoms with Gasteiger partial charge >= 0.3 is 0 Å². The molecule has 20 heavy (non-hydrogen) atoms. The highest BCUT2D eigenvalue weighted by molar-refractivity contribution is 4.98. The summed E-state index contributed by atoms with van der Waals surface area (Å²) >= 11 is 0. The van der Waals surface area contributed by atoms with Crippen LogP contribution < -0.4 is 5.73 Å². The molecule has 2 N–H and O–H groups in total. The molecule has 0 aromatic rings. The van der Waals surface area contributed by atoms with E-state index >= 15 is 0 Å². The van der Waals surface area contributed by atoms with Crippen LogP contribution in [0.5, 0.6) is 0 Å². The second-order valence-electron chi connectivity index (χ2n) is 6.97. The minimum Gasteiger partial charge on any atom is -0.375 e. The largest absolute Gasteiger partial charge is 0.375 e. The Balaban J connectivity index is 2.03. The van der Waals surface area contributed by atoms with Crippen LogP contribution in [0.25, 0.3) is 0 Å². The van der Waals surface area contributed by atoms with Crippen LogP contribution in [0, 0.1) is 5.92 Å². The van der Waals surface area contributed by atoms with E-state index in [0.29, 0.717) is 5.92 Å². The first kappa shape index (κ1) is 16.3. The summed E-state index contributed by atoms with van der Waals surface area (Å²) in [6.45, 7) is 8.05. The molecule has 0 aromatic heterocycles. The molecular weight excluding hydrogens is 250 g/mol. The zero-order chi connectivity index (χ0) is 14.6. The molecule has 3 unspecified atom stereocenters. The first-order valence-electron chi connectivity index (χ1n) is 8.59. The second kappa shape index (κ2) is 6.76. The van der Waals surface area contributed by atoms with Crippen LogP contribution in [0.3, 0.4) is 0 Å². The van der Waals surface area contributed by atoms with Crippen LogP contribution in [-0.2, 0) is 9.47 Å². The van der Waals surface area contributed by atoms with Crippen molar-refractivity contribution in [2.24, 2.45) is 11.7 Å². The zero-order valence-corrected chi connectivity index (χ0v) is 13.6. The smallest absolute Gasteiger partial charge is 0.0804 e. The maximum Gasteiger partial charge on any atom is 0.0804 e. The molecule has 0 bridgehead atoms. The molecule has 3 atom stereocenters. The lowest BCUT2D eigenvalue weighted by Gasteiger charge is -2.48. The first-order valence-corrected chi connectivity index (χ1v) is 8.59. The van der Waals surface area contributed by atoms with Gasteiger partial charge in [0.15, 0.2) is 0 Å². The maximum absolute atomic E-state index is 6.63. The summed E-state index contributed by atoms with van der Waals surface area (Å²) < 4.78 is 12.2. The number of hydrogen-bond donors (Lipinski definition) is 1. The Hall–Kier alpha value is -0.120. The van der Waals surface area contributed by atoms with Gasteiger partial charge in [0.05, 0.1) is 11.2 Å². The van der Waals surface area contributed by atoms with Gasteiger partial charge in [-0.1, -0.05) is 26.2 Å². The lowest BCUT2D eigenvalue weighted by atomic mass is 9.71. The van der Waals surface area contributed by atoms with E-state index in [1.165, 1.54) is 32.1 Å². The van der Waals surface area contributed by atoms with Gasteiger partial charge < -0.3 is 15.2 Å². The van der Waals surface area contributed by atoms with Crippen LogP contribution >= 0.6 is 0 Å². The fourth-order valence-electron chi connectivity index (χ4n) is 4.18. The number of nitrogens with two attached hydrogens (primary N) is 1. The fraction of sp³-hybridized carbons (Fsp3) is 1.00. The molecule has 0 aromatic carbocycles. The highest BCUT2D eigenvalue weighted by Crippen LogP contribution is 2.43. The highest BCUT2D eigenvalue weighted by Gasteiger charge is 2.44. The van der Waals surface area contributed by atoms with Crippen LogP contribution in [-0.4, -0.2) is 30.5 Å². The molecule has 2 aliphatic rings. The maximum atomic E-state index is 6.63. The highest BCUT2D eigenvalue weighted by atomic mass is 16.5. The molecule has 1 saturated carbocycles. The third-order valence-electron chi connectivity index (χ3n) is 5.68. The minimum absolute atomic E-state index is 0.121. The Morgan fingerprint density at radius 1 is 1.30 bits per heavy atom. The average Bonchev–Trinajstić information content (AvgIpc) is 2.47. The molecule has 1 saturated heterocycles. The van der Waals surface area contributed by atoms with Gasteiger partial charge in [0.1, 0.15) is 0 Å². The Kier molecular flexibility index (Phi) is 5.49. The molecule has 1 aliphatic heterocycles. The van der Waals surface area contributed by atoms with Crippen LogP contribution in [0.4, 0.5) is 0 Å². The van der Waals surface area contributed by atoms with E-state index < -0.39 is 0 Å². The lowest BCUT2D eigenvalue weighted by Crippen LogP contribution is -2.55. The topological polar surface area (TPSA) is 44.5 Å². The summed E-state index contributed by atoms with van der Waals surface area (Å²) in [7, 11) is 0. The molecule has 2 fully saturated rings. The van der Waals surface area contributed by atoms with Gasteiger partial charge in [0, 0.05) is 19.3 Å². The van der Waals surface area contributed by atoms with Crippen molar-refractivity contribution >= 4 is 0 Å². The molecule has 1 spiro atoms. The van der Waals surface area contributed by atoms with Gasteiger partial charge in [-0.15, -0.1) is 0 Å². The van der Waals surface area contributed by atoms with Crippen LogP contribution in [0.1, 0.15) is 72.1 Å². The summed E-state index contributed by atoms with van der Waals surface area (Å²) in [6, 6.07) is 0.121. The summed E-state index contributed by atoms with van der Waals surface area (Å²) in [5.41, 5.74) is 6.58. The monoisotopic (exact) mass is 283 g/mol. The third-order valence-corrected chi connectivity index (χ3v) is 5.68. The molecule has 3 nitrogen and oxygen atoms in total. The zero-order valence-electron chi connectivity index (χ0n) is 13.6. The molecule has 0 amide bonds. The van der Waals surface area contributed by atoms with Crippen molar-refractivity contribution in [2.45, 2.75) is 89.4 Å². The molecule has 2 rings (SSSR count). The average molecular weight is 283 g/mol. The van der Waals surface area contributed by atoms with Gasteiger partial charge in [0.25, 0.3) is 0 Å². The Morgan fingerprint density at radius 3 is 2.60 bits per heavy atom. The summed E-state index contributed by atoms with van der Waals surface area (Å²) in [5, 5.41) is 0. The van der Waals surface area contributed by atoms with Crippen molar-refractivity contribution in [1.29, 1.82) is 0 Å². The predicted molar refractivity (Wildman–Crippen MR) is 82.8 cm³/mol. The Labute approximate surface area is 124 Å². The van der Waals surface area contributed by atoms with E-state index in [1.807, 2.05) is 0 Å². The first-order chi connectivity index (χ1) is 9.55. The van der Waals surface area contributed by atoms with E-state index in [4.69, 9.17) is 15.2 Å². The van der Waals surface area contributed by atoms with E-state index in [-0.39, 0.29) is 17.2 Å². The quantitative estimate of drug-likeness (QED) is 0.837. The van der Waals surface area contributed by atoms with Crippen molar-refractivity contribution in [3.8, 4) is 0 Å². The standard InChI is InChI=1S/C17H33NO2/c1-4-16(3,19-5-2)15(18)14-9-12-20-17(13-14)10-7-6-8-11-17/h14-15H,4-13,18H2,1-3H3. The van der Waals surface area contributed by atoms with Crippen molar-refractivity contribution in [3.63, 3.8) is 0 Å². The SMILES string of the molecule is CCOC(C)(CC)C(N)C1CCOC2(CCCCC2)C1. The molecule has 118 valence electrons. The van der Waals surface area contributed by atoms with E-state index in [2.05, 4.69) is 20.8 Å². The van der Waals surface area contributed by atoms with Crippen LogP contribution in [0.2, 0.25) is 0 Å². The number of hydrogen-bond acceptors (Lipinski definition) is 3. The summed E-state index contributed by atoms with van der Waals surface area (Å²) in [6.07, 6.45) is 9.67. The third kappa shape index (κ3) is 3.37. The predicted octanol–water partition coefficient (Wildman–Crippen LogP) is 3.65. The van der Waals surface area contributed by atoms with E-state index in [1.54, 1.807) is 0 Å². The van der Waals surface area contributed by atoms with Crippen molar-refractivity contribution in [3.05, 3.63) is 0 Å². The van der Waals surface area contributed by atoms with Gasteiger partial charge in [-0.3, -0.25) is 0 Å². The molecule has 0 radical (unpaired) electrons. The Bertz CT molecular complexity index is 296. The molecule has 1 heterocycles. The number of rotatable bonds is 5. The van der Waals surface area contributed by atoms with Crippen molar-refractivity contribution in [2.75, 3.05) is 13.2 Å².